The normalized spacial score (nSPS) is 12.9. The highest BCUT2D eigenvalue weighted by Crippen LogP contribution is 2.36. The molecule has 0 unspecified atom stereocenters. The van der Waals surface area contributed by atoms with E-state index < -0.39 is 153 Å². The Hall–Kier alpha value is 1.53. The molecule has 282 valence electrons. The topological polar surface area (TPSA) is 44.2 Å². The van der Waals surface area contributed by atoms with Crippen LogP contribution in [0.25, 0.3) is 11.3 Å². The van der Waals surface area contributed by atoms with E-state index >= 15 is 0 Å². The predicted octanol–water partition coefficient (Wildman–Crippen LogP) is -15.3. The van der Waals surface area contributed by atoms with Crippen LogP contribution in [0.3, 0.4) is 0 Å². The van der Waals surface area contributed by atoms with Crippen molar-refractivity contribution < 1.29 is 9.31 Å². The minimum absolute atomic E-state index is 0.000321. The Balaban J connectivity index is 0.000000633. The maximum atomic E-state index is 6.57. The summed E-state index contributed by atoms with van der Waals surface area (Å²) in [7, 11) is 167. The fraction of sp³-hybridized carbons (Fsp3) is 0.500. The lowest BCUT2D eigenvalue weighted by molar-refractivity contribution is 0.00578. The first-order chi connectivity index (χ1) is 34.2. The Morgan fingerprint density at radius 1 is 0.360 bits per heavy atom. The van der Waals surface area contributed by atoms with Crippen molar-refractivity contribution in [3.05, 3.63) is 42.4 Å². The number of benzene rings is 1. The predicted molar refractivity (Wildman–Crippen MR) is 390 cm³/mol. The summed E-state index contributed by atoms with van der Waals surface area (Å²) < 4.78 is 12.2. The van der Waals surface area contributed by atoms with E-state index in [1.807, 2.05) is 0 Å². The minimum atomic E-state index is -1.39. The lowest BCUT2D eigenvalue weighted by Gasteiger charge is -2.57. The largest absolute Gasteiger partial charge is 0.494 e. The Morgan fingerprint density at radius 3 is 0.853 bits per heavy atom. The van der Waals surface area contributed by atoms with Crippen molar-refractivity contribution in [1.29, 1.82) is 0 Å². The Kier molecular flexibility index (Phi) is 29.9. The molecule has 1 aromatic carbocycles. The zero-order chi connectivity index (χ0) is 58.3. The van der Waals surface area contributed by atoms with Gasteiger partial charge in [-0.3, -0.25) is 0 Å². The summed E-state index contributed by atoms with van der Waals surface area (Å²) in [6.45, 7) is 14.7. The molecule has 0 spiro atoms. The summed E-state index contributed by atoms with van der Waals surface area (Å²) >= 11 is 0. The molecule has 1 saturated heterocycles. The third-order valence-corrected chi connectivity index (χ3v) is 15.4. The molecular weight excluding hydrogens is 852 g/mol. The first-order valence-corrected chi connectivity index (χ1v) is 25.1. The average molecular weight is 879 g/mol. The molecule has 1 aliphatic rings. The van der Waals surface area contributed by atoms with Crippen LogP contribution in [-0.4, -0.2) is 383 Å². The van der Waals surface area contributed by atoms with Gasteiger partial charge in [-0.05, 0) is 39.2 Å². The highest BCUT2D eigenvalue weighted by Gasteiger charge is 2.60. The van der Waals surface area contributed by atoms with Gasteiger partial charge in [0.05, 0.1) is 16.9 Å². The van der Waals surface area contributed by atoms with Crippen molar-refractivity contribution in [2.24, 2.45) is 0 Å². The molecule has 0 N–H and O–H groups in total. The molecule has 2 aromatic rings. The molecule has 52 radical (unpaired) electrons. The van der Waals surface area contributed by atoms with Crippen LogP contribution in [0.5, 0.6) is 0 Å². The van der Waals surface area contributed by atoms with Gasteiger partial charge in [0.25, 0.3) is 0 Å². The monoisotopic (exact) mass is 889 g/mol. The fourth-order valence-electron chi connectivity index (χ4n) is 11.2. The third-order valence-electron chi connectivity index (χ3n) is 15.4. The lowest BCUT2D eigenvalue weighted by atomic mass is 8.24. The van der Waals surface area contributed by atoms with Crippen molar-refractivity contribution >= 4 is 367 Å². The van der Waals surface area contributed by atoms with Crippen molar-refractivity contribution in [1.82, 2.24) is 9.97 Å². The summed E-state index contributed by atoms with van der Waals surface area (Å²) in [5.41, 5.74) is 3.39. The van der Waals surface area contributed by atoms with Crippen molar-refractivity contribution in [2.75, 3.05) is 0 Å². The molecule has 1 aliphatic heterocycles. The smallest absolute Gasteiger partial charge is 0.399 e. The second-order valence-corrected chi connectivity index (χ2v) is 22.6. The molecule has 3 rings (SSSR count). The van der Waals surface area contributed by atoms with Gasteiger partial charge in [-0.2, -0.15) is 0 Å². The van der Waals surface area contributed by atoms with Gasteiger partial charge >= 0.3 is 7.12 Å². The summed E-state index contributed by atoms with van der Waals surface area (Å²) in [4.78, 5) is 8.82. The van der Waals surface area contributed by atoms with Gasteiger partial charge in [0.15, 0.2) is 0 Å². The molecule has 55 heteroatoms. The van der Waals surface area contributed by atoms with Crippen molar-refractivity contribution in [3.8, 4) is 11.3 Å². The molecule has 2 heterocycles. The van der Waals surface area contributed by atoms with Gasteiger partial charge in [-0.1, -0.05) is 45.0 Å². The summed E-state index contributed by atoms with van der Waals surface area (Å²) in [6.07, 6.45) is -29.4. The number of aromatic nitrogens is 2. The maximum Gasteiger partial charge on any atom is 0.494 e. The summed E-state index contributed by atoms with van der Waals surface area (Å²) in [5, 5.41) is 0. The molecular formula is C20H27B51N2O2. The van der Waals surface area contributed by atoms with Gasteiger partial charge in [-0.25, -0.2) is 9.97 Å². The van der Waals surface area contributed by atoms with E-state index in [1.165, 1.54) is 0 Å². The first kappa shape index (κ1) is 72.6. The number of nitrogens with zero attached hydrogens (tertiary/aromatic N) is 2. The second-order valence-electron chi connectivity index (χ2n) is 22.6. The zero-order valence-corrected chi connectivity index (χ0v) is 45.1. The molecule has 0 bridgehead atoms. The van der Waals surface area contributed by atoms with Crippen molar-refractivity contribution in [2.45, 2.75) is 65.1 Å². The minimum Gasteiger partial charge on any atom is -0.399 e. The van der Waals surface area contributed by atoms with Crippen LogP contribution in [0, 0.1) is 0 Å². The van der Waals surface area contributed by atoms with E-state index in [1.54, 1.807) is 6.33 Å². The molecule has 0 aliphatic carbocycles. The molecule has 1 fully saturated rings. The number of hydrogen-bond acceptors (Lipinski definition) is 4. The van der Waals surface area contributed by atoms with Crippen LogP contribution < -0.4 is 5.46 Å². The van der Waals surface area contributed by atoms with Gasteiger partial charge in [-0.15, -0.1) is 0 Å². The molecule has 0 amide bonds. The second kappa shape index (κ2) is 30.9. The molecule has 0 atom stereocenters. The van der Waals surface area contributed by atoms with Gasteiger partial charge in [0.1, 0.15) is 6.33 Å². The van der Waals surface area contributed by atoms with E-state index in [0.29, 0.717) is 0 Å². The van der Waals surface area contributed by atoms with E-state index in [-0.39, 0.29) is 23.7 Å². The number of hydrogen-bond donors (Lipinski definition) is 0. The van der Waals surface area contributed by atoms with Gasteiger partial charge < -0.3 is 9.31 Å². The van der Waals surface area contributed by atoms with Gasteiger partial charge in [0, 0.05) is 371 Å². The molecule has 0 saturated carbocycles. The quantitative estimate of drug-likeness (QED) is 0.0932. The van der Waals surface area contributed by atoms with Crippen molar-refractivity contribution in [3.63, 3.8) is 0 Å². The summed E-state index contributed by atoms with van der Waals surface area (Å²) in [6, 6.07) is 10.3. The highest BCUT2D eigenvalue weighted by atomic mass is 16.7. The van der Waals surface area contributed by atoms with Crippen LogP contribution in [0.2, 0.25) is 0 Å². The SMILES string of the molecule is CC(C)(C)c1cc(-c2ccc(B3OC(C)(C)C(C)(C)O3)cc2)ncn1.[B]B([B])B(B([B])[B])B(B([B])[B])B(B(B([B])[B])B([B])[B])B(B(B(B([B])[B])B([B])[B])B(B([B])[B])B([B])[B])B(B(B([B])[B])B([B])[B])B(B([B])[B])B([B])[B]. The van der Waals surface area contributed by atoms with E-state index in [9.17, 15) is 0 Å². The van der Waals surface area contributed by atoms with Crippen LogP contribution >= 0.6 is 0 Å². The Morgan fingerprint density at radius 2 is 0.600 bits per heavy atom. The molecule has 75 heavy (non-hydrogen) atoms. The van der Waals surface area contributed by atoms with Crippen LogP contribution in [-0.2, 0) is 14.7 Å². The van der Waals surface area contributed by atoms with Crippen LogP contribution in [0.15, 0.2) is 36.7 Å². The van der Waals surface area contributed by atoms with E-state index in [2.05, 4.69) is 88.8 Å². The highest BCUT2D eigenvalue weighted by molar-refractivity contribution is 8.35. The first-order valence-electron chi connectivity index (χ1n) is 25.1. The maximum absolute atomic E-state index is 6.57. The van der Waals surface area contributed by atoms with E-state index in [0.717, 1.165) is 22.4 Å². The Bertz CT molecular complexity index is 1820. The average Bonchev–Trinajstić information content (AvgIpc) is 3.46. The summed E-state index contributed by atoms with van der Waals surface area (Å²) in [5.74, 6) is 0. The van der Waals surface area contributed by atoms with Crippen LogP contribution in [0.4, 0.5) is 0 Å². The standard InChI is InChI=1S/C20H27BN2O2.B50/c1-18(2,3)17-12-16(22-13-23-17)14-8-10-15(11-9-14)21-24-19(4,5)20(6,7)25-21;1-27(2)40(28(3)4)46(39(25)26)49(45(37(21)22)38(23)24)50(47(41(29(5)6)30(7)8)42(31(9)10)32(11)12)48(43(33(13)14)34(15)16)44(35(17)18)36(19)20/h8-13H,1-7H3;. The fourth-order valence-corrected chi connectivity index (χ4v) is 11.2. The van der Waals surface area contributed by atoms with E-state index in [4.69, 9.17) is 210 Å². The Labute approximate surface area is 501 Å². The number of rotatable bonds is 25. The lowest BCUT2D eigenvalue weighted by Crippen LogP contribution is -2.95. The zero-order valence-electron chi connectivity index (χ0n) is 45.1. The van der Waals surface area contributed by atoms with Gasteiger partial charge in [0.2, 0.25) is 0 Å². The molecule has 4 nitrogen and oxygen atoms in total. The molecule has 1 aromatic heterocycles. The third kappa shape index (κ3) is 19.0. The van der Waals surface area contributed by atoms with Crippen LogP contribution in [0.1, 0.15) is 54.2 Å².